The summed E-state index contributed by atoms with van der Waals surface area (Å²) in [6.07, 6.45) is 4.27. The second kappa shape index (κ2) is 5.96. The van der Waals surface area contributed by atoms with Crippen molar-refractivity contribution in [3.05, 3.63) is 29.8 Å². The molecule has 0 bridgehead atoms. The fourth-order valence-corrected chi connectivity index (χ4v) is 2.51. The molecular weight excluding hydrogens is 244 g/mol. The highest BCUT2D eigenvalue weighted by Gasteiger charge is 2.23. The molecule has 0 aliphatic heterocycles. The van der Waals surface area contributed by atoms with Gasteiger partial charge in [0.1, 0.15) is 0 Å². The highest BCUT2D eigenvalue weighted by molar-refractivity contribution is 7.80. The summed E-state index contributed by atoms with van der Waals surface area (Å²) >= 11 is 5.15. The molecule has 1 saturated carbocycles. The van der Waals surface area contributed by atoms with E-state index in [1.54, 1.807) is 0 Å². The Morgan fingerprint density at radius 2 is 2.06 bits per heavy atom. The minimum atomic E-state index is 0.0534. The van der Waals surface area contributed by atoms with Crippen LogP contribution in [0.4, 0.5) is 5.69 Å². The summed E-state index contributed by atoms with van der Waals surface area (Å²) in [5.41, 5.74) is 2.07. The quantitative estimate of drug-likeness (QED) is 0.805. The van der Waals surface area contributed by atoms with Gasteiger partial charge in [-0.1, -0.05) is 25.0 Å². The number of hydrogen-bond donors (Lipinski definition) is 2. The van der Waals surface area contributed by atoms with Crippen LogP contribution in [0.1, 0.15) is 31.2 Å². The topological polar surface area (TPSA) is 41.1 Å². The predicted molar refractivity (Wildman–Crippen MR) is 77.5 cm³/mol. The maximum absolute atomic E-state index is 11.9. The number of nitrogens with one attached hydrogen (secondary N) is 2. The zero-order chi connectivity index (χ0) is 13.0. The minimum absolute atomic E-state index is 0.0534. The van der Waals surface area contributed by atoms with Gasteiger partial charge in [-0.2, -0.15) is 0 Å². The Morgan fingerprint density at radius 1 is 1.33 bits per heavy atom. The number of rotatable bonds is 2. The van der Waals surface area contributed by atoms with E-state index in [1.165, 1.54) is 0 Å². The Labute approximate surface area is 113 Å². The maximum atomic E-state index is 11.9. The molecule has 0 spiro atoms. The number of hydrogen-bond acceptors (Lipinski definition) is 2. The Kier molecular flexibility index (Phi) is 4.31. The van der Waals surface area contributed by atoms with Crippen molar-refractivity contribution in [1.29, 1.82) is 0 Å². The van der Waals surface area contributed by atoms with Crippen molar-refractivity contribution in [2.75, 3.05) is 5.32 Å². The number of amides is 1. The average Bonchev–Trinajstić information content (AvgIpc) is 2.81. The van der Waals surface area contributed by atoms with Crippen molar-refractivity contribution in [2.24, 2.45) is 5.92 Å². The van der Waals surface area contributed by atoms with E-state index in [-0.39, 0.29) is 11.8 Å². The summed E-state index contributed by atoms with van der Waals surface area (Å²) in [7, 11) is 0. The summed E-state index contributed by atoms with van der Waals surface area (Å²) in [5.74, 6) is 0.194. The lowest BCUT2D eigenvalue weighted by atomic mass is 10.1. The van der Waals surface area contributed by atoms with E-state index in [4.69, 9.17) is 12.2 Å². The largest absolute Gasteiger partial charge is 0.332 e. The van der Waals surface area contributed by atoms with Gasteiger partial charge in [0.05, 0.1) is 0 Å². The first-order chi connectivity index (χ1) is 8.65. The lowest BCUT2D eigenvalue weighted by molar-refractivity contribution is -0.123. The molecule has 2 rings (SSSR count). The second-order valence-electron chi connectivity index (χ2n) is 4.79. The van der Waals surface area contributed by atoms with E-state index >= 15 is 0 Å². The first-order valence-electron chi connectivity index (χ1n) is 6.33. The third kappa shape index (κ3) is 3.53. The van der Waals surface area contributed by atoms with Gasteiger partial charge in [-0.15, -0.1) is 0 Å². The van der Waals surface area contributed by atoms with Crippen molar-refractivity contribution in [1.82, 2.24) is 5.32 Å². The number of benzene rings is 1. The van der Waals surface area contributed by atoms with E-state index in [1.807, 2.05) is 31.2 Å². The lowest BCUT2D eigenvalue weighted by Crippen LogP contribution is -2.37. The molecule has 1 aromatic rings. The Bertz CT molecular complexity index is 453. The van der Waals surface area contributed by atoms with E-state index in [0.717, 1.165) is 36.9 Å². The minimum Gasteiger partial charge on any atom is -0.332 e. The van der Waals surface area contributed by atoms with Gasteiger partial charge in [-0.05, 0) is 49.7 Å². The molecule has 1 fully saturated rings. The molecule has 96 valence electrons. The van der Waals surface area contributed by atoms with Crippen LogP contribution in [0.5, 0.6) is 0 Å². The number of anilines is 1. The smallest absolute Gasteiger partial charge is 0.229 e. The Balaban J connectivity index is 1.86. The van der Waals surface area contributed by atoms with Gasteiger partial charge in [-0.25, -0.2) is 0 Å². The molecular formula is C14H18N2OS. The van der Waals surface area contributed by atoms with Crippen molar-refractivity contribution in [3.8, 4) is 0 Å². The molecule has 0 aromatic heterocycles. The van der Waals surface area contributed by atoms with Gasteiger partial charge in [0, 0.05) is 11.6 Å². The second-order valence-corrected chi connectivity index (χ2v) is 5.20. The van der Waals surface area contributed by atoms with Crippen LogP contribution in [0.25, 0.3) is 0 Å². The highest BCUT2D eigenvalue weighted by Crippen LogP contribution is 2.24. The van der Waals surface area contributed by atoms with Crippen LogP contribution in [0.15, 0.2) is 24.3 Å². The monoisotopic (exact) mass is 262 g/mol. The van der Waals surface area contributed by atoms with Gasteiger partial charge >= 0.3 is 0 Å². The SMILES string of the molecule is Cc1cccc(NC(=S)NC(=O)C2CCCC2)c1. The van der Waals surface area contributed by atoms with Crippen molar-refractivity contribution in [2.45, 2.75) is 32.6 Å². The summed E-state index contributed by atoms with van der Waals surface area (Å²) in [4.78, 5) is 11.9. The van der Waals surface area contributed by atoms with Crippen LogP contribution in [0.2, 0.25) is 0 Å². The van der Waals surface area contributed by atoms with Gasteiger partial charge in [0.25, 0.3) is 0 Å². The molecule has 18 heavy (non-hydrogen) atoms. The zero-order valence-electron chi connectivity index (χ0n) is 10.5. The first kappa shape index (κ1) is 13.0. The number of thiocarbonyl (C=S) groups is 1. The van der Waals surface area contributed by atoms with Gasteiger partial charge in [0.2, 0.25) is 5.91 Å². The maximum Gasteiger partial charge on any atom is 0.229 e. The molecule has 0 atom stereocenters. The molecule has 1 amide bonds. The summed E-state index contributed by atoms with van der Waals surface area (Å²) in [6, 6.07) is 7.90. The zero-order valence-corrected chi connectivity index (χ0v) is 11.3. The summed E-state index contributed by atoms with van der Waals surface area (Å²) < 4.78 is 0. The van der Waals surface area contributed by atoms with Crippen LogP contribution in [-0.2, 0) is 4.79 Å². The van der Waals surface area contributed by atoms with Gasteiger partial charge < -0.3 is 10.6 Å². The molecule has 1 aliphatic carbocycles. The molecule has 1 aliphatic rings. The fourth-order valence-electron chi connectivity index (χ4n) is 2.29. The number of carbonyl (C=O) groups excluding carboxylic acids is 1. The molecule has 2 N–H and O–H groups in total. The van der Waals surface area contributed by atoms with E-state index < -0.39 is 0 Å². The van der Waals surface area contributed by atoms with Crippen LogP contribution >= 0.6 is 12.2 Å². The van der Waals surface area contributed by atoms with Gasteiger partial charge in [-0.3, -0.25) is 4.79 Å². The van der Waals surface area contributed by atoms with E-state index in [0.29, 0.717) is 5.11 Å². The molecule has 0 saturated heterocycles. The number of aryl methyl sites for hydroxylation is 1. The molecule has 4 heteroatoms. The van der Waals surface area contributed by atoms with Crippen molar-refractivity contribution < 1.29 is 4.79 Å². The summed E-state index contributed by atoms with van der Waals surface area (Å²) in [5, 5.41) is 6.19. The van der Waals surface area contributed by atoms with Crippen LogP contribution in [0.3, 0.4) is 0 Å². The van der Waals surface area contributed by atoms with Gasteiger partial charge in [0.15, 0.2) is 5.11 Å². The molecule has 0 radical (unpaired) electrons. The first-order valence-corrected chi connectivity index (χ1v) is 6.74. The van der Waals surface area contributed by atoms with Crippen LogP contribution in [0, 0.1) is 12.8 Å². The van der Waals surface area contributed by atoms with E-state index in [2.05, 4.69) is 10.6 Å². The molecule has 0 unspecified atom stereocenters. The van der Waals surface area contributed by atoms with Crippen molar-refractivity contribution in [3.63, 3.8) is 0 Å². The van der Waals surface area contributed by atoms with Crippen molar-refractivity contribution >= 4 is 28.9 Å². The Hall–Kier alpha value is -1.42. The fraction of sp³-hybridized carbons (Fsp3) is 0.429. The molecule has 1 aromatic carbocycles. The number of carbonyl (C=O) groups is 1. The van der Waals surface area contributed by atoms with E-state index in [9.17, 15) is 4.79 Å². The molecule has 3 nitrogen and oxygen atoms in total. The average molecular weight is 262 g/mol. The normalized spacial score (nSPS) is 15.4. The Morgan fingerprint density at radius 3 is 2.72 bits per heavy atom. The molecule has 0 heterocycles. The van der Waals surface area contributed by atoms with Crippen LogP contribution < -0.4 is 10.6 Å². The predicted octanol–water partition coefficient (Wildman–Crippen LogP) is 3.00. The standard InChI is InChI=1S/C14H18N2OS/c1-10-5-4-8-12(9-10)15-14(18)16-13(17)11-6-2-3-7-11/h4-5,8-9,11H,2-3,6-7H2,1H3,(H2,15,16,17,18). The summed E-state index contributed by atoms with van der Waals surface area (Å²) in [6.45, 7) is 2.02. The third-order valence-corrected chi connectivity index (χ3v) is 3.44. The highest BCUT2D eigenvalue weighted by atomic mass is 32.1. The van der Waals surface area contributed by atoms with Crippen LogP contribution in [-0.4, -0.2) is 11.0 Å². The lowest BCUT2D eigenvalue weighted by Gasteiger charge is -2.13. The third-order valence-electron chi connectivity index (χ3n) is 3.24.